The van der Waals surface area contributed by atoms with Crippen molar-refractivity contribution >= 4 is 0 Å². The van der Waals surface area contributed by atoms with Gasteiger partial charge in [-0.1, -0.05) is 30.3 Å². The van der Waals surface area contributed by atoms with Gasteiger partial charge in [0.25, 0.3) is 0 Å². The summed E-state index contributed by atoms with van der Waals surface area (Å²) in [5, 5.41) is 0. The first-order valence-corrected chi connectivity index (χ1v) is 11.4. The van der Waals surface area contributed by atoms with Crippen molar-refractivity contribution < 1.29 is 23.7 Å². The third kappa shape index (κ3) is 2.57. The third-order valence-corrected chi connectivity index (χ3v) is 7.91. The maximum absolute atomic E-state index is 6.52. The number of fused-ring (bicyclic) bond motifs is 5. The van der Waals surface area contributed by atoms with Crippen molar-refractivity contribution in [2.75, 3.05) is 35.0 Å². The van der Waals surface area contributed by atoms with E-state index in [1.165, 1.54) is 27.8 Å². The monoisotopic (exact) mass is 444 g/mol. The summed E-state index contributed by atoms with van der Waals surface area (Å²) in [6.07, 6.45) is 0.951. The van der Waals surface area contributed by atoms with E-state index in [2.05, 4.69) is 54.6 Å². The first kappa shape index (κ1) is 20.4. The number of ether oxygens (including phenoxy) is 5. The highest BCUT2D eigenvalue weighted by atomic mass is 16.5. The molecule has 3 aromatic carbocycles. The van der Waals surface area contributed by atoms with E-state index in [9.17, 15) is 0 Å². The average Bonchev–Trinajstić information content (AvgIpc) is 3.48. The molecule has 4 atom stereocenters. The van der Waals surface area contributed by atoms with E-state index in [4.69, 9.17) is 23.7 Å². The Hall–Kier alpha value is -3.18. The molecule has 6 rings (SSSR count). The molecule has 0 radical (unpaired) electrons. The molecular formula is C28H28O5. The first-order chi connectivity index (χ1) is 16.2. The van der Waals surface area contributed by atoms with Crippen molar-refractivity contribution in [3.63, 3.8) is 0 Å². The zero-order chi connectivity index (χ0) is 22.7. The summed E-state index contributed by atoms with van der Waals surface area (Å²) in [5.41, 5.74) is 6.21. The summed E-state index contributed by atoms with van der Waals surface area (Å²) in [6, 6.07) is 19.4. The Labute approximate surface area is 194 Å². The maximum atomic E-state index is 6.52. The summed E-state index contributed by atoms with van der Waals surface area (Å²) >= 11 is 0. The fraction of sp³-hybridized carbons (Fsp3) is 0.357. The van der Waals surface area contributed by atoms with Crippen molar-refractivity contribution in [1.29, 1.82) is 0 Å². The van der Waals surface area contributed by atoms with Crippen LogP contribution in [0.15, 0.2) is 54.6 Å². The molecular weight excluding hydrogens is 416 g/mol. The number of methoxy groups -OCH3 is 4. The molecule has 1 spiro atoms. The number of hydrogen-bond acceptors (Lipinski definition) is 5. The average molecular weight is 445 g/mol. The molecule has 5 heteroatoms. The van der Waals surface area contributed by atoms with Crippen LogP contribution in [-0.2, 0) is 4.74 Å². The van der Waals surface area contributed by atoms with Crippen molar-refractivity contribution in [1.82, 2.24) is 0 Å². The largest absolute Gasteiger partial charge is 0.493 e. The molecule has 170 valence electrons. The lowest BCUT2D eigenvalue weighted by Crippen LogP contribution is -2.29. The van der Waals surface area contributed by atoms with Crippen LogP contribution in [0.1, 0.15) is 52.2 Å². The van der Waals surface area contributed by atoms with Crippen LogP contribution in [0, 0.1) is 5.41 Å². The van der Waals surface area contributed by atoms with Crippen LogP contribution in [0.5, 0.6) is 23.0 Å². The van der Waals surface area contributed by atoms with Gasteiger partial charge in [0.2, 0.25) is 0 Å². The van der Waals surface area contributed by atoms with Gasteiger partial charge in [-0.2, -0.15) is 0 Å². The SMILES string of the molecule is COc1cc2c(cc1OC)[C@@H](c1ccccc1)[C@]13CCO[C@H]1c1cc(OC)c(OC)cc1[C@H]23. The van der Waals surface area contributed by atoms with E-state index < -0.39 is 0 Å². The summed E-state index contributed by atoms with van der Waals surface area (Å²) in [4.78, 5) is 0. The standard InChI is InChI=1S/C28H28O5/c1-29-21-12-17-18(13-22(21)30-2)26-19-14-23(31-3)24(32-4)15-20(19)27-28(26,10-11-33-27)25(17)16-8-6-5-7-9-16/h5-9,12-15,25-27H,10-11H2,1-4H3/t25-,26+,27+,28+/m1/s1. The zero-order valence-corrected chi connectivity index (χ0v) is 19.4. The van der Waals surface area contributed by atoms with Crippen LogP contribution in [0.3, 0.4) is 0 Å². The molecule has 0 amide bonds. The minimum Gasteiger partial charge on any atom is -0.493 e. The molecule has 33 heavy (non-hydrogen) atoms. The van der Waals surface area contributed by atoms with E-state index in [0.717, 1.165) is 36.0 Å². The lowest BCUT2D eigenvalue weighted by Gasteiger charge is -2.36. The van der Waals surface area contributed by atoms with Gasteiger partial charge < -0.3 is 23.7 Å². The van der Waals surface area contributed by atoms with E-state index in [-0.39, 0.29) is 23.4 Å². The number of rotatable bonds is 5. The molecule has 2 aliphatic carbocycles. The second-order valence-corrected chi connectivity index (χ2v) is 9.06. The van der Waals surface area contributed by atoms with Gasteiger partial charge in [0, 0.05) is 23.9 Å². The van der Waals surface area contributed by atoms with Gasteiger partial charge >= 0.3 is 0 Å². The highest BCUT2D eigenvalue weighted by molar-refractivity contribution is 5.66. The quantitative estimate of drug-likeness (QED) is 0.523. The third-order valence-electron chi connectivity index (χ3n) is 7.91. The Morgan fingerprint density at radius 1 is 0.667 bits per heavy atom. The Bertz CT molecular complexity index is 1220. The smallest absolute Gasteiger partial charge is 0.161 e. The molecule has 0 N–H and O–H groups in total. The Kier molecular flexibility index (Phi) is 4.59. The number of benzene rings is 3. The second-order valence-electron chi connectivity index (χ2n) is 9.06. The van der Waals surface area contributed by atoms with Crippen LogP contribution >= 0.6 is 0 Å². The summed E-state index contributed by atoms with van der Waals surface area (Å²) in [5.74, 6) is 3.35. The Morgan fingerprint density at radius 3 is 1.70 bits per heavy atom. The van der Waals surface area contributed by atoms with Crippen LogP contribution in [0.25, 0.3) is 0 Å². The minimum atomic E-state index is -0.124. The van der Waals surface area contributed by atoms with E-state index >= 15 is 0 Å². The van der Waals surface area contributed by atoms with E-state index in [0.29, 0.717) is 0 Å². The Balaban J connectivity index is 1.67. The molecule has 0 bridgehead atoms. The van der Waals surface area contributed by atoms with Crippen LogP contribution in [0.2, 0.25) is 0 Å². The van der Waals surface area contributed by atoms with Gasteiger partial charge in [0.1, 0.15) is 0 Å². The maximum Gasteiger partial charge on any atom is 0.161 e. The van der Waals surface area contributed by atoms with Gasteiger partial charge in [-0.15, -0.1) is 0 Å². The van der Waals surface area contributed by atoms with E-state index in [1.807, 2.05) is 0 Å². The fourth-order valence-corrected chi connectivity index (χ4v) is 6.75. The highest BCUT2D eigenvalue weighted by Gasteiger charge is 2.66. The lowest BCUT2D eigenvalue weighted by molar-refractivity contribution is 0.0513. The molecule has 1 heterocycles. The van der Waals surface area contributed by atoms with Gasteiger partial charge in [0.05, 0.1) is 34.5 Å². The topological polar surface area (TPSA) is 46.2 Å². The van der Waals surface area contributed by atoms with Crippen molar-refractivity contribution in [2.45, 2.75) is 24.4 Å². The minimum absolute atomic E-state index is 0.0214. The fourth-order valence-electron chi connectivity index (χ4n) is 6.75. The lowest BCUT2D eigenvalue weighted by atomic mass is 9.66. The molecule has 0 unspecified atom stereocenters. The van der Waals surface area contributed by atoms with Gasteiger partial charge in [-0.25, -0.2) is 0 Å². The van der Waals surface area contributed by atoms with Gasteiger partial charge in [-0.3, -0.25) is 0 Å². The summed E-state index contributed by atoms with van der Waals surface area (Å²) in [7, 11) is 6.77. The van der Waals surface area contributed by atoms with Crippen LogP contribution in [-0.4, -0.2) is 35.0 Å². The second kappa shape index (κ2) is 7.42. The highest BCUT2D eigenvalue weighted by Crippen LogP contribution is 2.75. The van der Waals surface area contributed by atoms with Crippen molar-refractivity contribution in [2.24, 2.45) is 5.41 Å². The van der Waals surface area contributed by atoms with Crippen LogP contribution in [0.4, 0.5) is 0 Å². The molecule has 1 fully saturated rings. The van der Waals surface area contributed by atoms with E-state index in [1.54, 1.807) is 28.4 Å². The molecule has 5 nitrogen and oxygen atoms in total. The Morgan fingerprint density at radius 2 is 1.15 bits per heavy atom. The first-order valence-electron chi connectivity index (χ1n) is 11.4. The number of hydrogen-bond donors (Lipinski definition) is 0. The predicted octanol–water partition coefficient (Wildman–Crippen LogP) is 5.46. The summed E-state index contributed by atoms with van der Waals surface area (Å²) < 4.78 is 29.3. The molecule has 0 aromatic heterocycles. The molecule has 3 aliphatic rings. The zero-order valence-electron chi connectivity index (χ0n) is 19.4. The molecule has 0 saturated carbocycles. The predicted molar refractivity (Wildman–Crippen MR) is 125 cm³/mol. The normalized spacial score (nSPS) is 26.2. The molecule has 1 aliphatic heterocycles. The molecule has 1 saturated heterocycles. The van der Waals surface area contributed by atoms with Crippen molar-refractivity contribution in [3.8, 4) is 23.0 Å². The summed E-state index contributed by atoms with van der Waals surface area (Å²) in [6.45, 7) is 0.737. The van der Waals surface area contributed by atoms with Gasteiger partial charge in [-0.05, 0) is 58.5 Å². The van der Waals surface area contributed by atoms with Crippen molar-refractivity contribution in [3.05, 3.63) is 82.4 Å². The molecule has 3 aromatic rings. The van der Waals surface area contributed by atoms with Gasteiger partial charge in [0.15, 0.2) is 23.0 Å². The van der Waals surface area contributed by atoms with Crippen LogP contribution < -0.4 is 18.9 Å².